The molecule has 2 nitrogen and oxygen atoms in total. The van der Waals surface area contributed by atoms with Gasteiger partial charge in [0, 0.05) is 17.2 Å². The van der Waals surface area contributed by atoms with E-state index in [0.717, 1.165) is 5.69 Å². The van der Waals surface area contributed by atoms with Crippen LogP contribution in [0.3, 0.4) is 0 Å². The molecule has 3 rings (SSSR count). The second-order valence-corrected chi connectivity index (χ2v) is 5.42. The molecule has 2 aromatic rings. The largest absolute Gasteiger partial charge is 0.281 e. The Morgan fingerprint density at radius 2 is 2.38 bits per heavy atom. The van der Waals surface area contributed by atoms with Gasteiger partial charge in [-0.2, -0.15) is 5.10 Å². The normalized spacial score (nSPS) is 16.3. The van der Waals surface area contributed by atoms with Gasteiger partial charge in [-0.1, -0.05) is 12.5 Å². The number of hydrogen-bond acceptors (Lipinski definition) is 2. The third-order valence-corrected chi connectivity index (χ3v) is 4.44. The molecule has 0 bridgehead atoms. The smallest absolute Gasteiger partial charge is 0.107 e. The van der Waals surface area contributed by atoms with Crippen LogP contribution in [0.1, 0.15) is 36.4 Å². The molecule has 2 heterocycles. The highest BCUT2D eigenvalue weighted by atomic mass is 35.5. The molecule has 0 saturated heterocycles. The van der Waals surface area contributed by atoms with Gasteiger partial charge in [0.15, 0.2) is 0 Å². The van der Waals surface area contributed by atoms with Gasteiger partial charge in [0.2, 0.25) is 0 Å². The van der Waals surface area contributed by atoms with Crippen LogP contribution in [0, 0.1) is 0 Å². The summed E-state index contributed by atoms with van der Waals surface area (Å²) >= 11 is 7.78. The third kappa shape index (κ3) is 1.59. The molecule has 0 amide bonds. The Balaban J connectivity index is 2.02. The van der Waals surface area contributed by atoms with Crippen LogP contribution < -0.4 is 0 Å². The van der Waals surface area contributed by atoms with Gasteiger partial charge in [0.05, 0.1) is 10.8 Å². The number of aromatic nitrogens is 2. The van der Waals surface area contributed by atoms with Crippen molar-refractivity contribution in [1.82, 2.24) is 10.2 Å². The second-order valence-electron chi connectivity index (χ2n) is 4.20. The Morgan fingerprint density at radius 3 is 2.94 bits per heavy atom. The number of thiophene rings is 1. The molecule has 0 aromatic carbocycles. The van der Waals surface area contributed by atoms with E-state index in [2.05, 4.69) is 27.7 Å². The second kappa shape index (κ2) is 4.22. The van der Waals surface area contributed by atoms with Crippen molar-refractivity contribution in [2.75, 3.05) is 0 Å². The number of halogens is 1. The van der Waals surface area contributed by atoms with Gasteiger partial charge in [0.1, 0.15) is 5.69 Å². The SMILES string of the molecule is ClCc1c(-c2cccs2)n[nH]c1C1CCC1. The lowest BCUT2D eigenvalue weighted by molar-refractivity contribution is 0.409. The highest BCUT2D eigenvalue weighted by molar-refractivity contribution is 7.13. The monoisotopic (exact) mass is 252 g/mol. The van der Waals surface area contributed by atoms with Crippen LogP contribution in [0.25, 0.3) is 10.6 Å². The molecule has 4 heteroatoms. The van der Waals surface area contributed by atoms with Gasteiger partial charge in [-0.15, -0.1) is 22.9 Å². The van der Waals surface area contributed by atoms with Crippen LogP contribution in [0.5, 0.6) is 0 Å². The van der Waals surface area contributed by atoms with Crippen molar-refractivity contribution in [2.24, 2.45) is 0 Å². The standard InChI is InChI=1S/C12H13ClN2S/c13-7-9-11(8-3-1-4-8)14-15-12(9)10-5-2-6-16-10/h2,5-6,8H,1,3-4,7H2,(H,14,15). The van der Waals surface area contributed by atoms with Crippen molar-refractivity contribution >= 4 is 22.9 Å². The lowest BCUT2D eigenvalue weighted by atomic mass is 9.81. The third-order valence-electron chi connectivity index (χ3n) is 3.30. The summed E-state index contributed by atoms with van der Waals surface area (Å²) in [7, 11) is 0. The van der Waals surface area contributed by atoms with Crippen molar-refractivity contribution in [3.05, 3.63) is 28.8 Å². The number of H-pyrrole nitrogens is 1. The highest BCUT2D eigenvalue weighted by Gasteiger charge is 2.26. The first-order valence-electron chi connectivity index (χ1n) is 5.57. The summed E-state index contributed by atoms with van der Waals surface area (Å²) in [6.07, 6.45) is 3.88. The van der Waals surface area contributed by atoms with Crippen LogP contribution >= 0.6 is 22.9 Å². The van der Waals surface area contributed by atoms with E-state index in [1.165, 1.54) is 35.4 Å². The number of nitrogens with one attached hydrogen (secondary N) is 1. The van der Waals surface area contributed by atoms with Crippen LogP contribution in [-0.2, 0) is 5.88 Å². The van der Waals surface area contributed by atoms with E-state index in [9.17, 15) is 0 Å². The lowest BCUT2D eigenvalue weighted by Gasteiger charge is -2.24. The fraction of sp³-hybridized carbons (Fsp3) is 0.417. The zero-order chi connectivity index (χ0) is 11.0. The lowest BCUT2D eigenvalue weighted by Crippen LogP contribution is -2.10. The minimum Gasteiger partial charge on any atom is -0.281 e. The summed E-state index contributed by atoms with van der Waals surface area (Å²) in [5, 5.41) is 9.70. The molecular weight excluding hydrogens is 240 g/mol. The van der Waals surface area contributed by atoms with Crippen LogP contribution in [0.2, 0.25) is 0 Å². The van der Waals surface area contributed by atoms with Gasteiger partial charge in [0.25, 0.3) is 0 Å². The first-order valence-corrected chi connectivity index (χ1v) is 6.98. The number of nitrogens with zero attached hydrogens (tertiary/aromatic N) is 1. The average Bonchev–Trinajstić information content (AvgIpc) is 2.81. The molecule has 0 unspecified atom stereocenters. The molecule has 2 aromatic heterocycles. The minimum absolute atomic E-state index is 0.551. The molecule has 1 fully saturated rings. The predicted molar refractivity (Wildman–Crippen MR) is 68.0 cm³/mol. The van der Waals surface area contributed by atoms with Gasteiger partial charge in [-0.3, -0.25) is 5.10 Å². The van der Waals surface area contributed by atoms with Crippen LogP contribution in [0.15, 0.2) is 17.5 Å². The summed E-state index contributed by atoms with van der Waals surface area (Å²) in [5.74, 6) is 1.21. The molecule has 1 aliphatic carbocycles. The van der Waals surface area contributed by atoms with Crippen LogP contribution in [-0.4, -0.2) is 10.2 Å². The molecule has 1 aliphatic rings. The van der Waals surface area contributed by atoms with Crippen LogP contribution in [0.4, 0.5) is 0 Å². The Hall–Kier alpha value is -0.800. The quantitative estimate of drug-likeness (QED) is 0.817. The summed E-state index contributed by atoms with van der Waals surface area (Å²) < 4.78 is 0. The summed E-state index contributed by atoms with van der Waals surface area (Å²) in [6, 6.07) is 4.15. The molecule has 0 aliphatic heterocycles. The van der Waals surface area contributed by atoms with E-state index in [-0.39, 0.29) is 0 Å². The zero-order valence-electron chi connectivity index (χ0n) is 8.87. The first-order chi connectivity index (χ1) is 7.90. The maximum Gasteiger partial charge on any atom is 0.107 e. The van der Waals surface area contributed by atoms with Crippen molar-refractivity contribution in [3.63, 3.8) is 0 Å². The molecule has 84 valence electrons. The summed E-state index contributed by atoms with van der Waals surface area (Å²) in [4.78, 5) is 1.21. The number of aromatic amines is 1. The maximum atomic E-state index is 6.07. The molecule has 0 spiro atoms. The molecule has 0 atom stereocenters. The van der Waals surface area contributed by atoms with Crippen molar-refractivity contribution in [2.45, 2.75) is 31.1 Å². The van der Waals surface area contributed by atoms with E-state index < -0.39 is 0 Å². The molecular formula is C12H13ClN2S. The van der Waals surface area contributed by atoms with Crippen molar-refractivity contribution in [3.8, 4) is 10.6 Å². The fourth-order valence-corrected chi connectivity index (χ4v) is 3.18. The first kappa shape index (κ1) is 10.4. The Kier molecular flexibility index (Phi) is 2.74. The molecule has 16 heavy (non-hydrogen) atoms. The Labute approximate surface area is 104 Å². The molecule has 0 radical (unpaired) electrons. The predicted octanol–water partition coefficient (Wildman–Crippen LogP) is 4.14. The van der Waals surface area contributed by atoms with Crippen molar-refractivity contribution in [1.29, 1.82) is 0 Å². The molecule has 1 saturated carbocycles. The highest BCUT2D eigenvalue weighted by Crippen LogP contribution is 2.40. The molecule has 1 N–H and O–H groups in total. The minimum atomic E-state index is 0.551. The van der Waals surface area contributed by atoms with E-state index in [0.29, 0.717) is 11.8 Å². The average molecular weight is 253 g/mol. The van der Waals surface area contributed by atoms with E-state index in [1.54, 1.807) is 11.3 Å². The summed E-state index contributed by atoms with van der Waals surface area (Å²) in [5.41, 5.74) is 3.52. The van der Waals surface area contributed by atoms with E-state index in [4.69, 9.17) is 11.6 Å². The number of hydrogen-bond donors (Lipinski definition) is 1. The van der Waals surface area contributed by atoms with Crippen molar-refractivity contribution < 1.29 is 0 Å². The topological polar surface area (TPSA) is 28.7 Å². The van der Waals surface area contributed by atoms with Gasteiger partial charge < -0.3 is 0 Å². The van der Waals surface area contributed by atoms with Gasteiger partial charge in [-0.05, 0) is 24.3 Å². The number of alkyl halides is 1. The van der Waals surface area contributed by atoms with Gasteiger partial charge >= 0.3 is 0 Å². The maximum absolute atomic E-state index is 6.07. The van der Waals surface area contributed by atoms with E-state index in [1.807, 2.05) is 0 Å². The summed E-state index contributed by atoms with van der Waals surface area (Å²) in [6.45, 7) is 0. The number of rotatable bonds is 3. The van der Waals surface area contributed by atoms with Gasteiger partial charge in [-0.25, -0.2) is 0 Å². The zero-order valence-corrected chi connectivity index (χ0v) is 10.4. The Bertz CT molecular complexity index is 471. The fourth-order valence-electron chi connectivity index (χ4n) is 2.17. The van der Waals surface area contributed by atoms with E-state index >= 15 is 0 Å². The Morgan fingerprint density at radius 1 is 1.50 bits per heavy atom.